The second-order valence-electron chi connectivity index (χ2n) is 3.18. The summed E-state index contributed by atoms with van der Waals surface area (Å²) in [6.45, 7) is 1.84. The lowest BCUT2D eigenvalue weighted by Crippen LogP contribution is -2.03. The molecule has 2 nitrogen and oxygen atoms in total. The van der Waals surface area contributed by atoms with Gasteiger partial charge < -0.3 is 0 Å². The van der Waals surface area contributed by atoms with Crippen LogP contribution in [0.5, 0.6) is 0 Å². The standard InChI is InChI=1S/C10H10O2S3/c1-8-10(4-6-13-8)15(11,12)7-9-3-2-5-14-9/h2-6H,7H2,1H3. The first-order valence-electron chi connectivity index (χ1n) is 4.39. The molecule has 0 aliphatic heterocycles. The van der Waals surface area contributed by atoms with Crippen LogP contribution in [0.25, 0.3) is 0 Å². The smallest absolute Gasteiger partial charge is 0.184 e. The molecule has 2 heterocycles. The molecule has 15 heavy (non-hydrogen) atoms. The van der Waals surface area contributed by atoms with Crippen molar-refractivity contribution < 1.29 is 8.42 Å². The fourth-order valence-corrected chi connectivity index (χ4v) is 5.13. The van der Waals surface area contributed by atoms with E-state index in [4.69, 9.17) is 0 Å². The lowest BCUT2D eigenvalue weighted by molar-refractivity contribution is 0.595. The van der Waals surface area contributed by atoms with Crippen molar-refractivity contribution >= 4 is 32.5 Å². The average Bonchev–Trinajstić information content (AvgIpc) is 2.75. The summed E-state index contributed by atoms with van der Waals surface area (Å²) >= 11 is 2.95. The molecule has 2 aromatic rings. The van der Waals surface area contributed by atoms with Gasteiger partial charge in [0.1, 0.15) is 0 Å². The summed E-state index contributed by atoms with van der Waals surface area (Å²) in [6.07, 6.45) is 0. The first-order chi connectivity index (χ1) is 7.09. The SMILES string of the molecule is Cc1sccc1S(=O)(=O)Cc1cccs1. The second-order valence-corrected chi connectivity index (χ2v) is 7.29. The van der Waals surface area contributed by atoms with Gasteiger partial charge in [0, 0.05) is 9.75 Å². The monoisotopic (exact) mass is 258 g/mol. The maximum absolute atomic E-state index is 12.0. The topological polar surface area (TPSA) is 34.1 Å². The Hall–Kier alpha value is -0.650. The maximum Gasteiger partial charge on any atom is 0.184 e. The van der Waals surface area contributed by atoms with Crippen LogP contribution in [-0.4, -0.2) is 8.42 Å². The third-order valence-corrected chi connectivity index (χ3v) is 5.90. The zero-order chi connectivity index (χ0) is 10.9. The lowest BCUT2D eigenvalue weighted by atomic mass is 10.5. The molecule has 0 saturated carbocycles. The Labute approximate surface area is 97.1 Å². The van der Waals surface area contributed by atoms with Crippen LogP contribution >= 0.6 is 22.7 Å². The number of aryl methyl sites for hydroxylation is 1. The van der Waals surface area contributed by atoms with E-state index < -0.39 is 9.84 Å². The zero-order valence-corrected chi connectivity index (χ0v) is 10.6. The minimum atomic E-state index is -3.15. The van der Waals surface area contributed by atoms with E-state index in [0.29, 0.717) is 4.90 Å². The van der Waals surface area contributed by atoms with Crippen LogP contribution in [0.3, 0.4) is 0 Å². The zero-order valence-electron chi connectivity index (χ0n) is 8.14. The van der Waals surface area contributed by atoms with Crippen LogP contribution in [0.15, 0.2) is 33.9 Å². The van der Waals surface area contributed by atoms with E-state index in [-0.39, 0.29) is 5.75 Å². The molecule has 0 saturated heterocycles. The molecule has 0 aliphatic carbocycles. The van der Waals surface area contributed by atoms with Gasteiger partial charge in [0.05, 0.1) is 10.6 Å². The Morgan fingerprint density at radius 3 is 2.53 bits per heavy atom. The van der Waals surface area contributed by atoms with Crippen molar-refractivity contribution in [1.29, 1.82) is 0 Å². The van der Waals surface area contributed by atoms with E-state index in [1.807, 2.05) is 29.8 Å². The molecular weight excluding hydrogens is 248 g/mol. The molecule has 0 spiro atoms. The number of rotatable bonds is 3. The molecule has 0 fully saturated rings. The molecule has 2 rings (SSSR count). The molecule has 0 unspecified atom stereocenters. The normalized spacial score (nSPS) is 11.8. The highest BCUT2D eigenvalue weighted by Gasteiger charge is 2.18. The first-order valence-corrected chi connectivity index (χ1v) is 7.80. The minimum absolute atomic E-state index is 0.113. The first kappa shape index (κ1) is 10.9. The van der Waals surface area contributed by atoms with Gasteiger partial charge in [0.2, 0.25) is 0 Å². The van der Waals surface area contributed by atoms with Gasteiger partial charge in [-0.15, -0.1) is 22.7 Å². The van der Waals surface area contributed by atoms with E-state index in [2.05, 4.69) is 0 Å². The van der Waals surface area contributed by atoms with Gasteiger partial charge in [-0.05, 0) is 29.8 Å². The average molecular weight is 258 g/mol. The minimum Gasteiger partial charge on any atom is -0.223 e. The number of sulfone groups is 1. The molecule has 80 valence electrons. The van der Waals surface area contributed by atoms with Gasteiger partial charge in [0.25, 0.3) is 0 Å². The lowest BCUT2D eigenvalue weighted by Gasteiger charge is -2.01. The molecule has 0 aliphatic rings. The number of thiophene rings is 2. The van der Waals surface area contributed by atoms with Gasteiger partial charge in [-0.25, -0.2) is 8.42 Å². The van der Waals surface area contributed by atoms with Crippen molar-refractivity contribution in [3.8, 4) is 0 Å². The van der Waals surface area contributed by atoms with Gasteiger partial charge in [-0.3, -0.25) is 0 Å². The van der Waals surface area contributed by atoms with Crippen molar-refractivity contribution in [2.24, 2.45) is 0 Å². The van der Waals surface area contributed by atoms with Gasteiger partial charge in [-0.1, -0.05) is 6.07 Å². The second kappa shape index (κ2) is 4.08. The largest absolute Gasteiger partial charge is 0.223 e. The van der Waals surface area contributed by atoms with Crippen molar-refractivity contribution in [1.82, 2.24) is 0 Å². The summed E-state index contributed by atoms with van der Waals surface area (Å²) in [5.74, 6) is 0.113. The Bertz CT molecular complexity index is 535. The van der Waals surface area contributed by atoms with Crippen molar-refractivity contribution in [2.45, 2.75) is 17.6 Å². The van der Waals surface area contributed by atoms with Crippen molar-refractivity contribution in [3.05, 3.63) is 38.7 Å². The van der Waals surface area contributed by atoms with Crippen molar-refractivity contribution in [2.75, 3.05) is 0 Å². The summed E-state index contributed by atoms with van der Waals surface area (Å²) in [6, 6.07) is 5.41. The summed E-state index contributed by atoms with van der Waals surface area (Å²) < 4.78 is 24.0. The number of hydrogen-bond acceptors (Lipinski definition) is 4. The third kappa shape index (κ3) is 2.30. The third-order valence-electron chi connectivity index (χ3n) is 2.06. The van der Waals surface area contributed by atoms with Crippen molar-refractivity contribution in [3.63, 3.8) is 0 Å². The molecule has 2 aromatic heterocycles. The summed E-state index contributed by atoms with van der Waals surface area (Å²) in [7, 11) is -3.15. The highest BCUT2D eigenvalue weighted by molar-refractivity contribution is 7.91. The molecule has 5 heteroatoms. The maximum atomic E-state index is 12.0. The quantitative estimate of drug-likeness (QED) is 0.848. The van der Waals surface area contributed by atoms with Crippen LogP contribution in [0.4, 0.5) is 0 Å². The fraction of sp³-hybridized carbons (Fsp3) is 0.200. The Morgan fingerprint density at radius 2 is 2.00 bits per heavy atom. The predicted molar refractivity (Wildman–Crippen MR) is 64.3 cm³/mol. The molecule has 0 radical (unpaired) electrons. The highest BCUT2D eigenvalue weighted by Crippen LogP contribution is 2.25. The van der Waals surface area contributed by atoms with E-state index in [0.717, 1.165) is 9.75 Å². The molecular formula is C10H10O2S3. The van der Waals surface area contributed by atoms with Crippen LogP contribution in [0, 0.1) is 6.92 Å². The summed E-state index contributed by atoms with van der Waals surface area (Å²) in [5.41, 5.74) is 0. The molecule has 0 bridgehead atoms. The Morgan fingerprint density at radius 1 is 1.20 bits per heavy atom. The summed E-state index contributed by atoms with van der Waals surface area (Å²) in [5, 5.41) is 3.71. The molecule has 0 aromatic carbocycles. The van der Waals surface area contributed by atoms with Crippen LogP contribution in [0.2, 0.25) is 0 Å². The Kier molecular flexibility index (Phi) is 2.95. The molecule has 0 atom stereocenters. The molecule has 0 N–H and O–H groups in total. The van der Waals surface area contributed by atoms with Gasteiger partial charge >= 0.3 is 0 Å². The Balaban J connectivity index is 2.33. The predicted octanol–water partition coefficient (Wildman–Crippen LogP) is 3.09. The highest BCUT2D eigenvalue weighted by atomic mass is 32.2. The van der Waals surface area contributed by atoms with Crippen LogP contribution in [0.1, 0.15) is 9.75 Å². The van der Waals surface area contributed by atoms with E-state index in [1.54, 1.807) is 6.07 Å². The fourth-order valence-electron chi connectivity index (χ4n) is 1.36. The van der Waals surface area contributed by atoms with E-state index in [1.165, 1.54) is 22.7 Å². The van der Waals surface area contributed by atoms with E-state index in [9.17, 15) is 8.42 Å². The summed E-state index contributed by atoms with van der Waals surface area (Å²) in [4.78, 5) is 2.23. The van der Waals surface area contributed by atoms with Crippen LogP contribution < -0.4 is 0 Å². The number of hydrogen-bond donors (Lipinski definition) is 0. The van der Waals surface area contributed by atoms with Crippen LogP contribution in [-0.2, 0) is 15.6 Å². The van der Waals surface area contributed by atoms with E-state index >= 15 is 0 Å². The van der Waals surface area contributed by atoms with Gasteiger partial charge in [0.15, 0.2) is 9.84 Å². The molecule has 0 amide bonds. The van der Waals surface area contributed by atoms with Gasteiger partial charge in [-0.2, -0.15) is 0 Å².